The standard InChI is InChI=1S/C14H18N2O6S/c1-3-8-20-14(17)16-10-13(22-23(2,18)19)9-11(16)4-5-12-6-7-15-21-12/h3-7,11,13H,1,8-10H2,2H3/b5-4+/t11-,13-/m1/s1. The highest BCUT2D eigenvalue weighted by molar-refractivity contribution is 7.86. The summed E-state index contributed by atoms with van der Waals surface area (Å²) in [6.07, 6.45) is 6.47. The molecule has 1 aromatic rings. The monoisotopic (exact) mass is 342 g/mol. The highest BCUT2D eigenvalue weighted by Gasteiger charge is 2.37. The Hall–Kier alpha value is -2.13. The number of likely N-dealkylation sites (tertiary alicyclic amines) is 1. The van der Waals surface area contributed by atoms with Gasteiger partial charge in [0, 0.05) is 12.5 Å². The molecule has 1 amide bonds. The molecule has 0 aromatic carbocycles. The molecule has 1 saturated heterocycles. The quantitative estimate of drug-likeness (QED) is 0.569. The summed E-state index contributed by atoms with van der Waals surface area (Å²) in [5.74, 6) is 0.525. The third-order valence-corrected chi connectivity index (χ3v) is 3.74. The summed E-state index contributed by atoms with van der Waals surface area (Å²) in [5, 5.41) is 3.58. The predicted octanol–water partition coefficient (Wildman–Crippen LogP) is 1.43. The highest BCUT2D eigenvalue weighted by atomic mass is 32.2. The van der Waals surface area contributed by atoms with E-state index in [1.165, 1.54) is 17.2 Å². The number of hydrogen-bond donors (Lipinski definition) is 0. The zero-order chi connectivity index (χ0) is 16.9. The van der Waals surface area contributed by atoms with Crippen LogP contribution >= 0.6 is 0 Å². The van der Waals surface area contributed by atoms with E-state index >= 15 is 0 Å². The van der Waals surface area contributed by atoms with Crippen LogP contribution in [0.15, 0.2) is 35.5 Å². The van der Waals surface area contributed by atoms with Crippen molar-refractivity contribution in [1.29, 1.82) is 0 Å². The first-order chi connectivity index (χ1) is 10.9. The average molecular weight is 342 g/mol. The van der Waals surface area contributed by atoms with E-state index in [1.807, 2.05) is 0 Å². The van der Waals surface area contributed by atoms with Gasteiger partial charge < -0.3 is 9.26 Å². The first-order valence-electron chi connectivity index (χ1n) is 6.90. The lowest BCUT2D eigenvalue weighted by molar-refractivity contribution is 0.109. The molecule has 1 aliphatic heterocycles. The van der Waals surface area contributed by atoms with Crippen LogP contribution in [-0.2, 0) is 19.0 Å². The van der Waals surface area contributed by atoms with Gasteiger partial charge in [-0.3, -0.25) is 9.08 Å². The average Bonchev–Trinajstić information content (AvgIpc) is 3.10. The molecular formula is C14H18N2O6S. The van der Waals surface area contributed by atoms with Crippen LogP contribution in [0.1, 0.15) is 12.2 Å². The van der Waals surface area contributed by atoms with Crippen molar-refractivity contribution in [2.24, 2.45) is 0 Å². The van der Waals surface area contributed by atoms with Crippen molar-refractivity contribution in [3.05, 3.63) is 36.8 Å². The van der Waals surface area contributed by atoms with E-state index in [0.717, 1.165) is 6.26 Å². The first kappa shape index (κ1) is 17.2. The van der Waals surface area contributed by atoms with Crippen LogP contribution in [0.2, 0.25) is 0 Å². The number of hydrogen-bond acceptors (Lipinski definition) is 7. The van der Waals surface area contributed by atoms with Crippen LogP contribution in [0, 0.1) is 0 Å². The summed E-state index contributed by atoms with van der Waals surface area (Å²) in [6, 6.07) is 1.29. The fourth-order valence-corrected chi connectivity index (χ4v) is 2.90. The summed E-state index contributed by atoms with van der Waals surface area (Å²) in [4.78, 5) is 13.5. The molecule has 1 aliphatic rings. The van der Waals surface area contributed by atoms with Gasteiger partial charge in [0.1, 0.15) is 6.61 Å². The number of ether oxygens (including phenoxy) is 1. The molecule has 0 N–H and O–H groups in total. The molecule has 8 nitrogen and oxygen atoms in total. The van der Waals surface area contributed by atoms with Crippen LogP contribution in [0.25, 0.3) is 6.08 Å². The van der Waals surface area contributed by atoms with E-state index in [9.17, 15) is 13.2 Å². The molecule has 0 aliphatic carbocycles. The van der Waals surface area contributed by atoms with Gasteiger partial charge in [0.15, 0.2) is 5.76 Å². The van der Waals surface area contributed by atoms with Gasteiger partial charge in [-0.15, -0.1) is 0 Å². The molecule has 2 atom stereocenters. The Labute approximate surface area is 134 Å². The van der Waals surface area contributed by atoms with Gasteiger partial charge in [0.2, 0.25) is 0 Å². The van der Waals surface area contributed by atoms with Crippen LogP contribution in [0.4, 0.5) is 4.79 Å². The van der Waals surface area contributed by atoms with Crippen molar-refractivity contribution in [1.82, 2.24) is 10.1 Å². The Morgan fingerprint density at radius 1 is 1.61 bits per heavy atom. The molecule has 23 heavy (non-hydrogen) atoms. The number of rotatable bonds is 6. The molecule has 0 radical (unpaired) electrons. The second kappa shape index (κ2) is 7.42. The van der Waals surface area contributed by atoms with E-state index in [4.69, 9.17) is 13.4 Å². The Balaban J connectivity index is 2.10. The largest absolute Gasteiger partial charge is 0.445 e. The fourth-order valence-electron chi connectivity index (χ4n) is 2.27. The van der Waals surface area contributed by atoms with Crippen LogP contribution in [-0.4, -0.2) is 56.1 Å². The fraction of sp³-hybridized carbons (Fsp3) is 0.429. The SMILES string of the molecule is C=CCOC(=O)N1C[C@H](OS(C)(=O)=O)C[C@H]1/C=C/c1ccno1. The molecular weight excluding hydrogens is 324 g/mol. The van der Waals surface area contributed by atoms with Gasteiger partial charge in [0.25, 0.3) is 10.1 Å². The number of carbonyl (C=O) groups excluding carboxylic acids is 1. The Morgan fingerprint density at radius 3 is 3.00 bits per heavy atom. The Kier molecular flexibility index (Phi) is 5.56. The molecule has 0 spiro atoms. The summed E-state index contributed by atoms with van der Waals surface area (Å²) in [7, 11) is -3.60. The molecule has 9 heteroatoms. The van der Waals surface area contributed by atoms with Crippen LogP contribution in [0.5, 0.6) is 0 Å². The van der Waals surface area contributed by atoms with E-state index < -0.39 is 22.3 Å². The maximum absolute atomic E-state index is 12.1. The minimum atomic E-state index is -3.60. The smallest absolute Gasteiger partial charge is 0.410 e. The molecule has 0 bridgehead atoms. The Morgan fingerprint density at radius 2 is 2.39 bits per heavy atom. The van der Waals surface area contributed by atoms with Gasteiger partial charge in [-0.2, -0.15) is 8.42 Å². The van der Waals surface area contributed by atoms with E-state index in [1.54, 1.807) is 18.2 Å². The molecule has 126 valence electrons. The van der Waals surface area contributed by atoms with Gasteiger partial charge in [-0.25, -0.2) is 4.79 Å². The van der Waals surface area contributed by atoms with Crippen molar-refractivity contribution >= 4 is 22.3 Å². The van der Waals surface area contributed by atoms with Crippen molar-refractivity contribution < 1.29 is 26.7 Å². The van der Waals surface area contributed by atoms with Crippen molar-refractivity contribution in [2.45, 2.75) is 18.6 Å². The lowest BCUT2D eigenvalue weighted by atomic mass is 10.2. The van der Waals surface area contributed by atoms with E-state index in [0.29, 0.717) is 12.2 Å². The molecule has 0 saturated carbocycles. The number of carbonyl (C=O) groups is 1. The second-order valence-corrected chi connectivity index (χ2v) is 6.62. The lowest BCUT2D eigenvalue weighted by Crippen LogP contribution is -2.35. The molecule has 2 rings (SSSR count). The van der Waals surface area contributed by atoms with Crippen LogP contribution in [0.3, 0.4) is 0 Å². The normalized spacial score (nSPS) is 21.7. The third-order valence-electron chi connectivity index (χ3n) is 3.12. The van der Waals surface area contributed by atoms with Crippen LogP contribution < -0.4 is 0 Å². The number of amides is 1. The van der Waals surface area contributed by atoms with Crippen molar-refractivity contribution in [3.8, 4) is 0 Å². The summed E-state index contributed by atoms with van der Waals surface area (Å²) in [6.45, 7) is 3.67. The third kappa shape index (κ3) is 5.22. The molecule has 1 fully saturated rings. The highest BCUT2D eigenvalue weighted by Crippen LogP contribution is 2.24. The zero-order valence-electron chi connectivity index (χ0n) is 12.6. The predicted molar refractivity (Wildman–Crippen MR) is 81.9 cm³/mol. The van der Waals surface area contributed by atoms with Gasteiger partial charge in [-0.05, 0) is 6.08 Å². The molecule has 2 heterocycles. The first-order valence-corrected chi connectivity index (χ1v) is 8.72. The van der Waals surface area contributed by atoms with Crippen molar-refractivity contribution in [3.63, 3.8) is 0 Å². The van der Waals surface area contributed by atoms with Gasteiger partial charge >= 0.3 is 6.09 Å². The molecule has 1 aromatic heterocycles. The van der Waals surface area contributed by atoms with Gasteiger partial charge in [-0.1, -0.05) is 23.9 Å². The minimum Gasteiger partial charge on any atom is -0.445 e. The minimum absolute atomic E-state index is 0.0749. The lowest BCUT2D eigenvalue weighted by Gasteiger charge is -2.20. The Bertz CT molecular complexity index is 667. The maximum Gasteiger partial charge on any atom is 0.410 e. The number of aromatic nitrogens is 1. The summed E-state index contributed by atoms with van der Waals surface area (Å²) >= 11 is 0. The number of nitrogens with zero attached hydrogens (tertiary/aromatic N) is 2. The van der Waals surface area contributed by atoms with E-state index in [-0.39, 0.29) is 19.2 Å². The van der Waals surface area contributed by atoms with Crippen molar-refractivity contribution in [2.75, 3.05) is 19.4 Å². The topological polar surface area (TPSA) is 98.9 Å². The summed E-state index contributed by atoms with van der Waals surface area (Å²) < 4.78 is 37.5. The molecule has 0 unspecified atom stereocenters. The zero-order valence-corrected chi connectivity index (χ0v) is 13.4. The van der Waals surface area contributed by atoms with E-state index in [2.05, 4.69) is 11.7 Å². The maximum atomic E-state index is 12.1. The van der Waals surface area contributed by atoms with Gasteiger partial charge in [0.05, 0.1) is 31.1 Å². The summed E-state index contributed by atoms with van der Waals surface area (Å²) in [5.41, 5.74) is 0. The second-order valence-electron chi connectivity index (χ2n) is 5.02.